The average molecular weight is 256 g/mol. The van der Waals surface area contributed by atoms with Gasteiger partial charge in [0.05, 0.1) is 0 Å². The molecule has 0 bridgehead atoms. The summed E-state index contributed by atoms with van der Waals surface area (Å²) >= 11 is 0. The van der Waals surface area contributed by atoms with E-state index in [0.717, 1.165) is 37.2 Å². The highest BCUT2D eigenvalue weighted by molar-refractivity contribution is 5.89. The molecule has 1 aromatic carbocycles. The van der Waals surface area contributed by atoms with Crippen molar-refractivity contribution in [2.75, 3.05) is 6.54 Å². The van der Waals surface area contributed by atoms with Gasteiger partial charge in [0, 0.05) is 18.1 Å². The zero-order valence-electron chi connectivity index (χ0n) is 11.4. The van der Waals surface area contributed by atoms with Gasteiger partial charge in [-0.2, -0.15) is 0 Å². The molecule has 1 aromatic heterocycles. The maximum Gasteiger partial charge on any atom is 0.221 e. The van der Waals surface area contributed by atoms with Gasteiger partial charge in [0.25, 0.3) is 0 Å². The first-order valence-corrected chi connectivity index (χ1v) is 7.12. The number of nitrogens with zero attached hydrogens (tertiary/aromatic N) is 1. The fraction of sp³-hybridized carbons (Fsp3) is 0.438. The maximum absolute atomic E-state index is 5.99. The van der Waals surface area contributed by atoms with Crippen molar-refractivity contribution >= 4 is 10.8 Å². The SMILES string of the molecule is CCNCc1cnc(OC2CCC2)c2ccccc12. The molecule has 0 atom stereocenters. The number of nitrogens with one attached hydrogen (secondary N) is 1. The van der Waals surface area contributed by atoms with Crippen molar-refractivity contribution in [3.63, 3.8) is 0 Å². The monoisotopic (exact) mass is 256 g/mol. The highest BCUT2D eigenvalue weighted by atomic mass is 16.5. The van der Waals surface area contributed by atoms with E-state index in [1.54, 1.807) is 0 Å². The van der Waals surface area contributed by atoms with Crippen LogP contribution in [0.4, 0.5) is 0 Å². The van der Waals surface area contributed by atoms with Gasteiger partial charge in [-0.05, 0) is 42.8 Å². The number of aromatic nitrogens is 1. The molecule has 3 nitrogen and oxygen atoms in total. The van der Waals surface area contributed by atoms with E-state index in [4.69, 9.17) is 4.74 Å². The predicted octanol–water partition coefficient (Wildman–Crippen LogP) is 3.28. The lowest BCUT2D eigenvalue weighted by molar-refractivity contribution is 0.116. The van der Waals surface area contributed by atoms with Gasteiger partial charge in [0.2, 0.25) is 5.88 Å². The average Bonchev–Trinajstić information content (AvgIpc) is 2.41. The minimum absolute atomic E-state index is 0.371. The molecule has 1 N–H and O–H groups in total. The van der Waals surface area contributed by atoms with Crippen LogP contribution in [0.2, 0.25) is 0 Å². The van der Waals surface area contributed by atoms with Crippen molar-refractivity contribution in [2.45, 2.75) is 38.8 Å². The number of hydrogen-bond donors (Lipinski definition) is 1. The minimum atomic E-state index is 0.371. The molecule has 3 heteroatoms. The Morgan fingerprint density at radius 1 is 1.26 bits per heavy atom. The lowest BCUT2D eigenvalue weighted by Gasteiger charge is -2.26. The summed E-state index contributed by atoms with van der Waals surface area (Å²) in [6, 6.07) is 8.38. The Hall–Kier alpha value is -1.61. The first kappa shape index (κ1) is 12.4. The summed E-state index contributed by atoms with van der Waals surface area (Å²) < 4.78 is 5.99. The van der Waals surface area contributed by atoms with E-state index in [1.807, 2.05) is 6.20 Å². The first-order chi connectivity index (χ1) is 9.38. The zero-order chi connectivity index (χ0) is 13.1. The molecule has 3 rings (SSSR count). The third kappa shape index (κ3) is 2.56. The van der Waals surface area contributed by atoms with Gasteiger partial charge >= 0.3 is 0 Å². The van der Waals surface area contributed by atoms with E-state index in [9.17, 15) is 0 Å². The number of ether oxygens (including phenoxy) is 1. The Kier molecular flexibility index (Phi) is 3.65. The van der Waals surface area contributed by atoms with Gasteiger partial charge in [0.1, 0.15) is 6.10 Å². The molecule has 1 aliphatic carbocycles. The lowest BCUT2D eigenvalue weighted by atomic mass is 9.96. The van der Waals surface area contributed by atoms with Gasteiger partial charge in [0.15, 0.2) is 0 Å². The Balaban J connectivity index is 1.95. The predicted molar refractivity (Wildman–Crippen MR) is 77.4 cm³/mol. The molecule has 1 saturated carbocycles. The fourth-order valence-electron chi connectivity index (χ4n) is 2.37. The van der Waals surface area contributed by atoms with Crippen molar-refractivity contribution in [2.24, 2.45) is 0 Å². The lowest BCUT2D eigenvalue weighted by Crippen LogP contribution is -2.25. The molecule has 1 heterocycles. The Labute approximate surface area is 114 Å². The number of pyridine rings is 1. The van der Waals surface area contributed by atoms with Crippen LogP contribution in [0, 0.1) is 0 Å². The van der Waals surface area contributed by atoms with Crippen LogP contribution in [-0.2, 0) is 6.54 Å². The molecule has 0 unspecified atom stereocenters. The van der Waals surface area contributed by atoms with Crippen LogP contribution in [0.1, 0.15) is 31.7 Å². The highest BCUT2D eigenvalue weighted by Gasteiger charge is 2.20. The Morgan fingerprint density at radius 2 is 2.05 bits per heavy atom. The van der Waals surface area contributed by atoms with E-state index in [2.05, 4.69) is 41.5 Å². The van der Waals surface area contributed by atoms with Crippen LogP contribution in [0.25, 0.3) is 10.8 Å². The van der Waals surface area contributed by atoms with Gasteiger partial charge in [-0.3, -0.25) is 0 Å². The maximum atomic E-state index is 5.99. The molecule has 19 heavy (non-hydrogen) atoms. The van der Waals surface area contributed by atoms with Crippen molar-refractivity contribution in [1.29, 1.82) is 0 Å². The fourth-order valence-corrected chi connectivity index (χ4v) is 2.37. The minimum Gasteiger partial charge on any atom is -0.474 e. The Bertz CT molecular complexity index is 564. The second kappa shape index (κ2) is 5.57. The normalized spacial score (nSPS) is 15.4. The zero-order valence-corrected chi connectivity index (χ0v) is 11.4. The molecule has 0 radical (unpaired) electrons. The van der Waals surface area contributed by atoms with Crippen molar-refractivity contribution in [3.8, 4) is 5.88 Å². The topological polar surface area (TPSA) is 34.2 Å². The summed E-state index contributed by atoms with van der Waals surface area (Å²) in [5.41, 5.74) is 1.23. The molecular formula is C16H20N2O. The molecular weight excluding hydrogens is 236 g/mol. The third-order valence-electron chi connectivity index (χ3n) is 3.74. The van der Waals surface area contributed by atoms with Crippen LogP contribution < -0.4 is 10.1 Å². The first-order valence-electron chi connectivity index (χ1n) is 7.12. The summed E-state index contributed by atoms with van der Waals surface area (Å²) in [6.07, 6.45) is 5.92. The van der Waals surface area contributed by atoms with E-state index in [1.165, 1.54) is 17.4 Å². The number of fused-ring (bicyclic) bond motifs is 1. The number of rotatable bonds is 5. The van der Waals surface area contributed by atoms with E-state index >= 15 is 0 Å². The van der Waals surface area contributed by atoms with E-state index in [-0.39, 0.29) is 0 Å². The van der Waals surface area contributed by atoms with E-state index in [0.29, 0.717) is 6.10 Å². The van der Waals surface area contributed by atoms with Crippen molar-refractivity contribution < 1.29 is 4.74 Å². The standard InChI is InChI=1S/C16H20N2O/c1-2-17-10-12-11-18-16(19-13-6-5-7-13)15-9-4-3-8-14(12)15/h3-4,8-9,11,13,17H,2,5-7,10H2,1H3. The van der Waals surface area contributed by atoms with Gasteiger partial charge < -0.3 is 10.1 Å². The van der Waals surface area contributed by atoms with E-state index < -0.39 is 0 Å². The molecule has 0 aliphatic heterocycles. The number of hydrogen-bond acceptors (Lipinski definition) is 3. The molecule has 0 amide bonds. The van der Waals surface area contributed by atoms with Gasteiger partial charge in [-0.25, -0.2) is 4.98 Å². The smallest absolute Gasteiger partial charge is 0.221 e. The van der Waals surface area contributed by atoms with Gasteiger partial charge in [-0.1, -0.05) is 25.1 Å². The van der Waals surface area contributed by atoms with Crippen LogP contribution in [0.5, 0.6) is 5.88 Å². The molecule has 2 aromatic rings. The summed E-state index contributed by atoms with van der Waals surface area (Å²) in [6.45, 7) is 3.94. The quantitative estimate of drug-likeness (QED) is 0.891. The number of benzene rings is 1. The molecule has 1 aliphatic rings. The second-order valence-corrected chi connectivity index (χ2v) is 5.09. The highest BCUT2D eigenvalue weighted by Crippen LogP contribution is 2.30. The largest absolute Gasteiger partial charge is 0.474 e. The van der Waals surface area contributed by atoms with Crippen molar-refractivity contribution in [3.05, 3.63) is 36.0 Å². The van der Waals surface area contributed by atoms with Crippen molar-refractivity contribution in [1.82, 2.24) is 10.3 Å². The van der Waals surface area contributed by atoms with Crippen LogP contribution >= 0.6 is 0 Å². The summed E-state index contributed by atoms with van der Waals surface area (Å²) in [7, 11) is 0. The Morgan fingerprint density at radius 3 is 2.74 bits per heavy atom. The van der Waals surface area contributed by atoms with Crippen LogP contribution in [0.3, 0.4) is 0 Å². The molecule has 0 saturated heterocycles. The molecule has 1 fully saturated rings. The summed E-state index contributed by atoms with van der Waals surface area (Å²) in [4.78, 5) is 4.52. The second-order valence-electron chi connectivity index (χ2n) is 5.09. The van der Waals surface area contributed by atoms with Gasteiger partial charge in [-0.15, -0.1) is 0 Å². The summed E-state index contributed by atoms with van der Waals surface area (Å²) in [5, 5.41) is 5.73. The molecule has 0 spiro atoms. The third-order valence-corrected chi connectivity index (χ3v) is 3.74. The molecule has 100 valence electrons. The summed E-state index contributed by atoms with van der Waals surface area (Å²) in [5.74, 6) is 0.792. The van der Waals surface area contributed by atoms with Crippen LogP contribution in [-0.4, -0.2) is 17.6 Å². The van der Waals surface area contributed by atoms with Crippen LogP contribution in [0.15, 0.2) is 30.5 Å².